The molecule has 0 saturated carbocycles. The molecular formula is C26H22. The maximum Gasteiger partial charge on any atom is -0.0105 e. The van der Waals surface area contributed by atoms with E-state index in [1.54, 1.807) is 0 Å². The third-order valence-corrected chi connectivity index (χ3v) is 4.85. The minimum Gasteiger partial charge on any atom is -0.0616 e. The highest BCUT2D eigenvalue weighted by Gasteiger charge is 2.08. The Hall–Kier alpha value is -3.12. The molecule has 4 aromatic carbocycles. The van der Waals surface area contributed by atoms with E-state index in [4.69, 9.17) is 0 Å². The second-order valence-corrected chi connectivity index (χ2v) is 6.86. The van der Waals surface area contributed by atoms with Crippen molar-refractivity contribution in [2.45, 2.75) is 13.8 Å². The molecule has 0 spiro atoms. The number of benzene rings is 4. The minimum atomic E-state index is 1.25. The van der Waals surface area contributed by atoms with E-state index in [9.17, 15) is 0 Å². The number of hydrogen-bond donors (Lipinski definition) is 0. The van der Waals surface area contributed by atoms with E-state index in [1.165, 1.54) is 44.5 Å². The Morgan fingerprint density at radius 2 is 0.885 bits per heavy atom. The van der Waals surface area contributed by atoms with Crippen molar-refractivity contribution in [1.29, 1.82) is 0 Å². The summed E-state index contributed by atoms with van der Waals surface area (Å²) < 4.78 is 0. The second-order valence-electron chi connectivity index (χ2n) is 6.86. The molecule has 0 aliphatic carbocycles. The topological polar surface area (TPSA) is 0 Å². The highest BCUT2D eigenvalue weighted by atomic mass is 14.1. The first kappa shape index (κ1) is 16.4. The van der Waals surface area contributed by atoms with E-state index in [-0.39, 0.29) is 0 Å². The summed E-state index contributed by atoms with van der Waals surface area (Å²) in [5.41, 5.74) is 10.1. The Morgan fingerprint density at radius 1 is 0.385 bits per heavy atom. The third kappa shape index (κ3) is 3.32. The predicted molar refractivity (Wildman–Crippen MR) is 112 cm³/mol. The molecule has 0 N–H and O–H groups in total. The first-order valence-corrected chi connectivity index (χ1v) is 9.04. The molecule has 0 aromatic heterocycles. The van der Waals surface area contributed by atoms with E-state index in [0.717, 1.165) is 0 Å². The molecule has 0 heteroatoms. The molecule has 0 saturated heterocycles. The molecule has 126 valence electrons. The van der Waals surface area contributed by atoms with Crippen LogP contribution in [0.5, 0.6) is 0 Å². The number of hydrogen-bond acceptors (Lipinski definition) is 0. The molecule has 0 atom stereocenters. The molecule has 0 bridgehead atoms. The van der Waals surface area contributed by atoms with Gasteiger partial charge in [0.25, 0.3) is 0 Å². The summed E-state index contributed by atoms with van der Waals surface area (Å²) in [6, 6.07) is 35.0. The van der Waals surface area contributed by atoms with Crippen molar-refractivity contribution >= 4 is 0 Å². The molecule has 0 radical (unpaired) electrons. The zero-order valence-electron chi connectivity index (χ0n) is 15.2. The predicted octanol–water partition coefficient (Wildman–Crippen LogP) is 7.30. The first-order valence-electron chi connectivity index (χ1n) is 9.04. The fourth-order valence-corrected chi connectivity index (χ4v) is 3.33. The third-order valence-electron chi connectivity index (χ3n) is 4.85. The molecule has 4 rings (SSSR count). The van der Waals surface area contributed by atoms with Gasteiger partial charge in [0, 0.05) is 0 Å². The van der Waals surface area contributed by atoms with E-state index in [2.05, 4.69) is 111 Å². The molecule has 4 aromatic rings. The quantitative estimate of drug-likeness (QED) is 0.368. The molecule has 0 nitrogen and oxygen atoms in total. The Balaban J connectivity index is 1.80. The van der Waals surface area contributed by atoms with Crippen molar-refractivity contribution in [3.05, 3.63) is 108 Å². The van der Waals surface area contributed by atoms with Crippen LogP contribution in [0.25, 0.3) is 33.4 Å². The van der Waals surface area contributed by atoms with Crippen LogP contribution >= 0.6 is 0 Å². The van der Waals surface area contributed by atoms with Gasteiger partial charge in [-0.25, -0.2) is 0 Å². The van der Waals surface area contributed by atoms with Crippen LogP contribution in [0, 0.1) is 13.8 Å². The average Bonchev–Trinajstić information content (AvgIpc) is 2.69. The van der Waals surface area contributed by atoms with Gasteiger partial charge in [-0.3, -0.25) is 0 Å². The van der Waals surface area contributed by atoms with Crippen LogP contribution in [0.4, 0.5) is 0 Å². The normalized spacial score (nSPS) is 10.7. The molecule has 0 heterocycles. The maximum atomic E-state index is 2.29. The Bertz CT molecular complexity index is 1020. The van der Waals surface area contributed by atoms with Gasteiger partial charge in [-0.05, 0) is 53.3 Å². The molecule has 0 amide bonds. The summed E-state index contributed by atoms with van der Waals surface area (Å²) in [6.07, 6.45) is 0. The zero-order chi connectivity index (χ0) is 17.9. The van der Waals surface area contributed by atoms with Crippen LogP contribution in [-0.2, 0) is 0 Å². The van der Waals surface area contributed by atoms with E-state index in [1.807, 2.05) is 0 Å². The Labute approximate surface area is 155 Å². The van der Waals surface area contributed by atoms with Crippen molar-refractivity contribution in [2.24, 2.45) is 0 Å². The van der Waals surface area contributed by atoms with Gasteiger partial charge in [-0.2, -0.15) is 0 Å². The second kappa shape index (κ2) is 7.01. The summed E-state index contributed by atoms with van der Waals surface area (Å²) >= 11 is 0. The number of rotatable bonds is 3. The monoisotopic (exact) mass is 334 g/mol. The molecule has 0 fully saturated rings. The highest BCUT2D eigenvalue weighted by Crippen LogP contribution is 2.34. The van der Waals surface area contributed by atoms with Crippen LogP contribution < -0.4 is 0 Å². The lowest BCUT2D eigenvalue weighted by atomic mass is 9.92. The smallest absolute Gasteiger partial charge is 0.0105 e. The number of aryl methyl sites for hydroxylation is 2. The fourth-order valence-electron chi connectivity index (χ4n) is 3.33. The zero-order valence-corrected chi connectivity index (χ0v) is 15.2. The Kier molecular flexibility index (Phi) is 4.41. The van der Waals surface area contributed by atoms with Crippen LogP contribution in [0.3, 0.4) is 0 Å². The summed E-state index contributed by atoms with van der Waals surface area (Å²) in [6.45, 7) is 4.25. The van der Waals surface area contributed by atoms with Crippen molar-refractivity contribution in [1.82, 2.24) is 0 Å². The van der Waals surface area contributed by atoms with Gasteiger partial charge in [0.1, 0.15) is 0 Å². The lowest BCUT2D eigenvalue weighted by Crippen LogP contribution is -1.86. The van der Waals surface area contributed by atoms with E-state index >= 15 is 0 Å². The van der Waals surface area contributed by atoms with Crippen LogP contribution in [0.15, 0.2) is 97.1 Å². The van der Waals surface area contributed by atoms with Crippen molar-refractivity contribution < 1.29 is 0 Å². The first-order chi connectivity index (χ1) is 12.7. The Morgan fingerprint density at radius 3 is 1.50 bits per heavy atom. The van der Waals surface area contributed by atoms with Gasteiger partial charge in [-0.1, -0.05) is 102 Å². The lowest BCUT2D eigenvalue weighted by Gasteiger charge is -2.12. The van der Waals surface area contributed by atoms with Crippen molar-refractivity contribution in [3.63, 3.8) is 0 Å². The lowest BCUT2D eigenvalue weighted by molar-refractivity contribution is 1.46. The van der Waals surface area contributed by atoms with Gasteiger partial charge >= 0.3 is 0 Å². The summed E-state index contributed by atoms with van der Waals surface area (Å²) in [5.74, 6) is 0. The molecule has 0 aliphatic heterocycles. The van der Waals surface area contributed by atoms with Crippen LogP contribution in [-0.4, -0.2) is 0 Å². The highest BCUT2D eigenvalue weighted by molar-refractivity contribution is 5.85. The molecule has 26 heavy (non-hydrogen) atoms. The largest absolute Gasteiger partial charge is 0.0616 e. The standard InChI is InChI=1S/C26H22/c1-19-10-14-21(15-11-19)23-6-5-7-24(18-23)26-9-4-3-8-25(26)22-16-12-20(2)13-17-22/h3-18H,1-2H3. The van der Waals surface area contributed by atoms with Crippen LogP contribution in [0.1, 0.15) is 11.1 Å². The maximum absolute atomic E-state index is 2.29. The average molecular weight is 334 g/mol. The van der Waals surface area contributed by atoms with Crippen molar-refractivity contribution in [2.75, 3.05) is 0 Å². The fraction of sp³-hybridized carbons (Fsp3) is 0.0769. The molecular weight excluding hydrogens is 312 g/mol. The van der Waals surface area contributed by atoms with Gasteiger partial charge in [-0.15, -0.1) is 0 Å². The summed E-state index contributed by atoms with van der Waals surface area (Å²) in [5, 5.41) is 0. The van der Waals surface area contributed by atoms with Gasteiger partial charge in [0.2, 0.25) is 0 Å². The van der Waals surface area contributed by atoms with Gasteiger partial charge in [0.05, 0.1) is 0 Å². The van der Waals surface area contributed by atoms with E-state index < -0.39 is 0 Å². The van der Waals surface area contributed by atoms with Gasteiger partial charge < -0.3 is 0 Å². The summed E-state index contributed by atoms with van der Waals surface area (Å²) in [4.78, 5) is 0. The molecule has 0 unspecified atom stereocenters. The van der Waals surface area contributed by atoms with Crippen molar-refractivity contribution in [3.8, 4) is 33.4 Å². The van der Waals surface area contributed by atoms with Crippen LogP contribution in [0.2, 0.25) is 0 Å². The minimum absolute atomic E-state index is 1.25. The molecule has 0 aliphatic rings. The summed E-state index contributed by atoms with van der Waals surface area (Å²) in [7, 11) is 0. The SMILES string of the molecule is Cc1ccc(-c2cccc(-c3ccccc3-c3ccc(C)cc3)c2)cc1. The van der Waals surface area contributed by atoms with E-state index in [0.29, 0.717) is 0 Å². The van der Waals surface area contributed by atoms with Gasteiger partial charge in [0.15, 0.2) is 0 Å².